The van der Waals surface area contributed by atoms with Gasteiger partial charge in [0, 0.05) is 23.9 Å². The molecular formula is C24H28ClN3O2S. The molecule has 0 spiro atoms. The van der Waals surface area contributed by atoms with Crippen LogP contribution in [0.4, 0.5) is 11.6 Å². The molecule has 164 valence electrons. The second-order valence-corrected chi connectivity index (χ2v) is 11.7. The largest absolute Gasteiger partial charge is 0.394 e. The van der Waals surface area contributed by atoms with Crippen molar-refractivity contribution in [3.05, 3.63) is 46.5 Å². The van der Waals surface area contributed by atoms with Gasteiger partial charge < -0.3 is 15.3 Å². The van der Waals surface area contributed by atoms with Crippen LogP contribution < -0.4 is 10.2 Å². The maximum Gasteiger partial charge on any atom is 0.145 e. The number of aliphatic hydroxyl groups excluding tert-OH is 1. The molecule has 2 saturated carbocycles. The van der Waals surface area contributed by atoms with E-state index in [1.165, 1.54) is 12.0 Å². The number of aryl methyl sites for hydroxylation is 1. The summed E-state index contributed by atoms with van der Waals surface area (Å²) in [6.45, 7) is 2.10. The minimum Gasteiger partial charge on any atom is -0.394 e. The molecule has 3 aliphatic heterocycles. The zero-order valence-corrected chi connectivity index (χ0v) is 19.1. The number of nitrogens with zero attached hydrogens (tertiary/aromatic N) is 2. The molecule has 2 N–H and O–H groups in total. The summed E-state index contributed by atoms with van der Waals surface area (Å²) in [6.07, 6.45) is 5.10. The van der Waals surface area contributed by atoms with Crippen molar-refractivity contribution in [1.29, 1.82) is 0 Å². The third-order valence-electron chi connectivity index (χ3n) is 7.93. The molecule has 0 radical (unpaired) electrons. The summed E-state index contributed by atoms with van der Waals surface area (Å²) in [5.74, 6) is 4.29. The van der Waals surface area contributed by atoms with Gasteiger partial charge in [-0.3, -0.25) is 4.21 Å². The molecule has 7 heteroatoms. The van der Waals surface area contributed by atoms with Crippen LogP contribution >= 0.6 is 11.6 Å². The second-order valence-electron chi connectivity index (χ2n) is 9.77. The van der Waals surface area contributed by atoms with E-state index >= 15 is 0 Å². The van der Waals surface area contributed by atoms with E-state index in [4.69, 9.17) is 16.6 Å². The molecule has 2 unspecified atom stereocenters. The first-order valence-corrected chi connectivity index (χ1v) is 13.1. The van der Waals surface area contributed by atoms with Crippen LogP contribution in [0.15, 0.2) is 35.2 Å². The van der Waals surface area contributed by atoms with Crippen LogP contribution in [0.1, 0.15) is 42.7 Å². The van der Waals surface area contributed by atoms with E-state index in [2.05, 4.69) is 28.4 Å². The number of halogens is 1. The predicted molar refractivity (Wildman–Crippen MR) is 125 cm³/mol. The fraction of sp³-hybridized carbons (Fsp3) is 0.542. The Bertz CT molecular complexity index is 1020. The van der Waals surface area contributed by atoms with Crippen molar-refractivity contribution in [2.45, 2.75) is 48.5 Å². The summed E-state index contributed by atoms with van der Waals surface area (Å²) >= 11 is 6.08. The van der Waals surface area contributed by atoms with Gasteiger partial charge in [-0.1, -0.05) is 23.7 Å². The Kier molecular flexibility index (Phi) is 4.82. The van der Waals surface area contributed by atoms with E-state index in [9.17, 15) is 9.32 Å². The van der Waals surface area contributed by atoms with Crippen molar-refractivity contribution >= 4 is 34.0 Å². The maximum absolute atomic E-state index is 12.7. The highest BCUT2D eigenvalue weighted by atomic mass is 35.5. The Morgan fingerprint density at radius 3 is 2.61 bits per heavy atom. The molecule has 1 aromatic heterocycles. The van der Waals surface area contributed by atoms with Gasteiger partial charge in [0.1, 0.15) is 11.6 Å². The smallest absolute Gasteiger partial charge is 0.145 e. The Morgan fingerprint density at radius 2 is 1.97 bits per heavy atom. The number of hydrogen-bond acceptors (Lipinski definition) is 5. The number of nitrogens with one attached hydrogen (secondary N) is 1. The quantitative estimate of drug-likeness (QED) is 0.711. The lowest BCUT2D eigenvalue weighted by atomic mass is 9.59. The molecule has 2 bridgehead atoms. The van der Waals surface area contributed by atoms with Gasteiger partial charge in [0.2, 0.25) is 0 Å². The molecule has 4 fully saturated rings. The number of aliphatic hydroxyl groups is 1. The van der Waals surface area contributed by atoms with Gasteiger partial charge in [-0.2, -0.15) is 0 Å². The predicted octanol–water partition coefficient (Wildman–Crippen LogP) is 3.97. The zero-order valence-electron chi connectivity index (χ0n) is 17.5. The number of hydrogen-bond donors (Lipinski definition) is 2. The minimum atomic E-state index is -1.00. The number of aromatic nitrogens is 1. The standard InChI is InChI=1S/C24H28ClN3O2S/c25-19-4-2-15(3-5-19)21-17-10-18(21)13-28(12-17)20-11-16-6-9-31(30)22(16)23(26-20)27-24(14-29)7-1-8-24/h2-5,11,17-18,21,29H,1,6-10,12-14H2,(H,26,27)/t17?,18?,21?,31-/m1/s1. The first-order chi connectivity index (χ1) is 15.0. The fourth-order valence-electron chi connectivity index (χ4n) is 6.04. The average molecular weight is 458 g/mol. The number of pyridine rings is 1. The van der Waals surface area contributed by atoms with Gasteiger partial charge in [0.25, 0.3) is 0 Å². The summed E-state index contributed by atoms with van der Waals surface area (Å²) in [5, 5.41) is 14.3. The zero-order chi connectivity index (χ0) is 21.2. The van der Waals surface area contributed by atoms with Crippen molar-refractivity contribution in [3.63, 3.8) is 0 Å². The summed E-state index contributed by atoms with van der Waals surface area (Å²) in [4.78, 5) is 8.28. The first-order valence-electron chi connectivity index (χ1n) is 11.4. The van der Waals surface area contributed by atoms with Crippen molar-refractivity contribution in [3.8, 4) is 0 Å². The van der Waals surface area contributed by atoms with Gasteiger partial charge in [0.05, 0.1) is 27.8 Å². The Balaban J connectivity index is 1.27. The van der Waals surface area contributed by atoms with E-state index in [0.717, 1.165) is 65.9 Å². The number of benzene rings is 1. The van der Waals surface area contributed by atoms with Crippen molar-refractivity contribution in [1.82, 2.24) is 4.98 Å². The molecule has 7 rings (SSSR count). The van der Waals surface area contributed by atoms with Crippen LogP contribution in [-0.2, 0) is 17.2 Å². The number of fused-ring (bicyclic) bond motifs is 3. The van der Waals surface area contributed by atoms with E-state index in [-0.39, 0.29) is 12.1 Å². The minimum absolute atomic E-state index is 0.0942. The first kappa shape index (κ1) is 20.0. The second kappa shape index (κ2) is 7.46. The van der Waals surface area contributed by atoms with Crippen molar-refractivity contribution < 1.29 is 9.32 Å². The van der Waals surface area contributed by atoms with E-state index in [1.54, 1.807) is 0 Å². The highest BCUT2D eigenvalue weighted by Gasteiger charge is 2.48. The molecule has 2 aliphatic carbocycles. The van der Waals surface area contributed by atoms with Crippen molar-refractivity contribution in [2.75, 3.05) is 35.7 Å². The molecular weight excluding hydrogens is 430 g/mol. The molecule has 1 aromatic carbocycles. The van der Waals surface area contributed by atoms with Crippen LogP contribution in [-0.4, -0.2) is 45.3 Å². The summed E-state index contributed by atoms with van der Waals surface area (Å²) in [7, 11) is -1.00. The molecule has 3 atom stereocenters. The lowest BCUT2D eigenvalue weighted by Gasteiger charge is -2.54. The number of piperidine rings is 2. The fourth-order valence-corrected chi connectivity index (χ4v) is 7.55. The van der Waals surface area contributed by atoms with E-state index in [1.807, 2.05) is 12.1 Å². The SMILES string of the molecule is O=[S@@]1CCc2cc(N3CC4CC(C3)C4c3ccc(Cl)cc3)nc(NC3(CO)CCC3)c21. The van der Waals surface area contributed by atoms with Gasteiger partial charge in [-0.25, -0.2) is 4.98 Å². The van der Waals surface area contributed by atoms with Crippen LogP contribution in [0.3, 0.4) is 0 Å². The molecule has 5 nitrogen and oxygen atoms in total. The van der Waals surface area contributed by atoms with Crippen LogP contribution in [0.2, 0.25) is 5.02 Å². The molecule has 5 aliphatic rings. The molecule has 31 heavy (non-hydrogen) atoms. The lowest BCUT2D eigenvalue weighted by Crippen LogP contribution is -2.54. The van der Waals surface area contributed by atoms with Gasteiger partial charge in [0.15, 0.2) is 0 Å². The highest BCUT2D eigenvalue weighted by molar-refractivity contribution is 7.85. The van der Waals surface area contributed by atoms with Crippen molar-refractivity contribution in [2.24, 2.45) is 11.8 Å². The van der Waals surface area contributed by atoms with Gasteiger partial charge in [-0.15, -0.1) is 0 Å². The van der Waals surface area contributed by atoms with Gasteiger partial charge in [-0.05, 0) is 79.2 Å². The maximum atomic E-state index is 12.7. The summed E-state index contributed by atoms with van der Waals surface area (Å²) in [5.41, 5.74) is 2.27. The Labute approximate surface area is 190 Å². The third kappa shape index (κ3) is 3.30. The molecule has 2 saturated heterocycles. The molecule has 4 heterocycles. The van der Waals surface area contributed by atoms with Gasteiger partial charge >= 0.3 is 0 Å². The summed E-state index contributed by atoms with van der Waals surface area (Å²) < 4.78 is 12.7. The lowest BCUT2D eigenvalue weighted by molar-refractivity contribution is 0.111. The highest BCUT2D eigenvalue weighted by Crippen LogP contribution is 2.52. The van der Waals surface area contributed by atoms with E-state index < -0.39 is 10.8 Å². The average Bonchev–Trinajstić information content (AvgIpc) is 3.13. The monoisotopic (exact) mass is 457 g/mol. The topological polar surface area (TPSA) is 65.5 Å². The van der Waals surface area contributed by atoms with E-state index in [0.29, 0.717) is 23.5 Å². The van der Waals surface area contributed by atoms with Crippen LogP contribution in [0, 0.1) is 11.8 Å². The third-order valence-corrected chi connectivity index (χ3v) is 9.67. The Hall–Kier alpha value is -1.63. The normalized spacial score (nSPS) is 30.3. The number of rotatable bonds is 5. The molecule has 2 aromatic rings. The van der Waals surface area contributed by atoms with Crippen LogP contribution in [0.25, 0.3) is 0 Å². The molecule has 0 amide bonds. The number of anilines is 2. The van der Waals surface area contributed by atoms with Crippen LogP contribution in [0.5, 0.6) is 0 Å². The Morgan fingerprint density at radius 1 is 1.23 bits per heavy atom. The summed E-state index contributed by atoms with van der Waals surface area (Å²) in [6, 6.07) is 10.5.